The van der Waals surface area contributed by atoms with E-state index in [4.69, 9.17) is 0 Å². The Labute approximate surface area is 690 Å². The molecule has 0 radical (unpaired) electrons. The first kappa shape index (κ1) is 70.2. The van der Waals surface area contributed by atoms with Crippen molar-refractivity contribution in [2.45, 2.75) is 13.5 Å². The SMILES string of the molecule is CCn1c2ccccc2c2cc(-c3c4ccccc4c(-c4ccccc4)c4ccccc34)ccc21.c1ccc(-c2c3ccccc3c(-c3ccc4c(c3)c3ccccc3n4-c3ccccc3)c3ccccc23)cc1.c1ccc(-c2ccc(-n3c4ccccc4c4cc(-c5c6ccccc6c(-c6ccccc6)c6ccccc56)ccc43)cc2)cc1. The molecule has 24 rings (SSSR count). The summed E-state index contributed by atoms with van der Waals surface area (Å²) in [5, 5.41) is 23.1. The fourth-order valence-electron chi connectivity index (χ4n) is 19.4. The second kappa shape index (κ2) is 29.8. The first-order valence-electron chi connectivity index (χ1n) is 41.3. The number of hydrogen-bond donors (Lipinski definition) is 0. The molecule has 558 valence electrons. The number of para-hydroxylation sites is 4. The van der Waals surface area contributed by atoms with E-state index in [1.807, 2.05) is 0 Å². The maximum Gasteiger partial charge on any atom is 0.0541 e. The maximum absolute atomic E-state index is 2.42. The zero-order valence-electron chi connectivity index (χ0n) is 65.8. The first-order chi connectivity index (χ1) is 59.1. The Morgan fingerprint density at radius 1 is 0.143 bits per heavy atom. The number of nitrogens with zero attached hydrogens (tertiary/aromatic N) is 3. The highest BCUT2D eigenvalue weighted by molar-refractivity contribution is 6.26. The van der Waals surface area contributed by atoms with E-state index in [0.29, 0.717) is 0 Å². The van der Waals surface area contributed by atoms with Crippen LogP contribution in [0.2, 0.25) is 0 Å². The molecule has 3 heteroatoms. The Morgan fingerprint density at radius 2 is 0.336 bits per heavy atom. The molecular formula is C116H79N3. The minimum Gasteiger partial charge on any atom is -0.341 e. The number of fused-ring (bicyclic) bond motifs is 15. The van der Waals surface area contributed by atoms with Crippen LogP contribution in [0.1, 0.15) is 6.92 Å². The van der Waals surface area contributed by atoms with E-state index in [1.54, 1.807) is 0 Å². The number of aryl methyl sites for hydroxylation is 1. The Balaban J connectivity index is 0.000000108. The van der Waals surface area contributed by atoms with Crippen LogP contribution < -0.4 is 0 Å². The number of hydrogen-bond acceptors (Lipinski definition) is 0. The van der Waals surface area contributed by atoms with Gasteiger partial charge in [0.15, 0.2) is 0 Å². The number of aromatic nitrogens is 3. The van der Waals surface area contributed by atoms with Crippen molar-refractivity contribution in [2.24, 2.45) is 0 Å². The van der Waals surface area contributed by atoms with Gasteiger partial charge in [0, 0.05) is 61.3 Å². The van der Waals surface area contributed by atoms with E-state index in [2.05, 4.69) is 470 Å². The van der Waals surface area contributed by atoms with Gasteiger partial charge in [-0.15, -0.1) is 0 Å². The van der Waals surface area contributed by atoms with Gasteiger partial charge in [0.05, 0.1) is 22.1 Å². The highest BCUT2D eigenvalue weighted by Gasteiger charge is 2.24. The van der Waals surface area contributed by atoms with Gasteiger partial charge < -0.3 is 13.7 Å². The summed E-state index contributed by atoms with van der Waals surface area (Å²) in [6.45, 7) is 3.18. The van der Waals surface area contributed by atoms with Crippen molar-refractivity contribution in [3.8, 4) is 89.3 Å². The van der Waals surface area contributed by atoms with Gasteiger partial charge in [-0.25, -0.2) is 0 Å². The van der Waals surface area contributed by atoms with Gasteiger partial charge in [-0.2, -0.15) is 0 Å². The summed E-state index contributed by atoms with van der Waals surface area (Å²) < 4.78 is 7.20. The minimum atomic E-state index is 0.959. The zero-order chi connectivity index (χ0) is 78.9. The van der Waals surface area contributed by atoms with Crippen LogP contribution in [0.5, 0.6) is 0 Å². The monoisotopic (exact) mass is 1510 g/mol. The predicted molar refractivity (Wildman–Crippen MR) is 510 cm³/mol. The molecule has 0 fully saturated rings. The molecule has 3 nitrogen and oxygen atoms in total. The van der Waals surface area contributed by atoms with Crippen molar-refractivity contribution in [1.29, 1.82) is 0 Å². The molecule has 0 amide bonds. The molecule has 21 aromatic carbocycles. The van der Waals surface area contributed by atoms with Gasteiger partial charge in [-0.05, 0) is 228 Å². The molecule has 0 N–H and O–H groups in total. The van der Waals surface area contributed by atoms with Gasteiger partial charge in [0.1, 0.15) is 0 Å². The summed E-state index contributed by atoms with van der Waals surface area (Å²) in [7, 11) is 0. The lowest BCUT2D eigenvalue weighted by atomic mass is 9.86. The Hall–Kier alpha value is -15.4. The Morgan fingerprint density at radius 3 is 0.647 bits per heavy atom. The third-order valence-corrected chi connectivity index (χ3v) is 24.5. The normalized spacial score (nSPS) is 11.6. The van der Waals surface area contributed by atoms with Crippen molar-refractivity contribution in [2.75, 3.05) is 0 Å². The summed E-state index contributed by atoms with van der Waals surface area (Å²) in [6, 6.07) is 163. The van der Waals surface area contributed by atoms with E-state index in [0.717, 1.165) is 12.2 Å². The summed E-state index contributed by atoms with van der Waals surface area (Å²) in [4.78, 5) is 0. The van der Waals surface area contributed by atoms with Gasteiger partial charge in [0.2, 0.25) is 0 Å². The van der Waals surface area contributed by atoms with Crippen molar-refractivity contribution in [1.82, 2.24) is 13.7 Å². The zero-order valence-corrected chi connectivity index (χ0v) is 65.8. The molecule has 0 atom stereocenters. The Kier molecular flexibility index (Phi) is 17.6. The third kappa shape index (κ3) is 12.0. The van der Waals surface area contributed by atoms with Crippen molar-refractivity contribution in [3.63, 3.8) is 0 Å². The Bertz CT molecular complexity index is 7860. The third-order valence-electron chi connectivity index (χ3n) is 24.5. The minimum absolute atomic E-state index is 0.959. The molecule has 0 aliphatic rings. The average molecular weight is 1510 g/mol. The number of benzene rings is 21. The lowest BCUT2D eigenvalue weighted by Gasteiger charge is -2.18. The second-order valence-corrected chi connectivity index (χ2v) is 31.0. The first-order valence-corrected chi connectivity index (χ1v) is 41.3. The molecule has 0 saturated heterocycles. The van der Waals surface area contributed by atoms with Crippen LogP contribution >= 0.6 is 0 Å². The van der Waals surface area contributed by atoms with E-state index in [1.165, 1.54) is 214 Å². The van der Waals surface area contributed by atoms with Crippen LogP contribution in [0, 0.1) is 0 Å². The summed E-state index contributed by atoms with van der Waals surface area (Å²) in [6.07, 6.45) is 0. The smallest absolute Gasteiger partial charge is 0.0541 e. The van der Waals surface area contributed by atoms with Crippen LogP contribution in [0.4, 0.5) is 0 Å². The predicted octanol–water partition coefficient (Wildman–Crippen LogP) is 32.0. The summed E-state index contributed by atoms with van der Waals surface area (Å²) in [5.74, 6) is 0. The fourth-order valence-corrected chi connectivity index (χ4v) is 19.4. The molecule has 0 spiro atoms. The van der Waals surface area contributed by atoms with Gasteiger partial charge in [-0.1, -0.05) is 370 Å². The quantitative estimate of drug-likeness (QED) is 0.121. The van der Waals surface area contributed by atoms with Crippen LogP contribution in [0.25, 0.3) is 219 Å². The van der Waals surface area contributed by atoms with E-state index >= 15 is 0 Å². The van der Waals surface area contributed by atoms with E-state index < -0.39 is 0 Å². The lowest BCUT2D eigenvalue weighted by molar-refractivity contribution is 0.827. The largest absolute Gasteiger partial charge is 0.341 e. The standard InChI is InChI=1S/C44H29N.C38H25N.C34H25N/c1-3-13-30(14-4-1)31-23-26-34(27-24-31)45-41-22-12-11-17-35(41)40-29-33(25-28-42(40)45)44-38-20-9-7-18-36(38)43(32-15-5-2-6-16-32)37-19-8-10-21-39(37)44;1-3-13-26(14-4-1)37-30-18-7-9-20-32(30)38(33-21-10-8-19-31(33)37)27-23-24-36-34(25-27)29-17-11-12-22-35(29)39(36)28-15-5-2-6-16-28;1-2-35-31-19-11-10-14-25(31)30-22-24(20-21-32(30)35)34-28-17-8-6-15-26(28)33(23-12-4-3-5-13-23)27-16-7-9-18-29(27)34/h1-29H;1-25H;3-22H,2H2,1H3. The summed E-state index contributed by atoms with van der Waals surface area (Å²) in [5.41, 5.74) is 27.5. The summed E-state index contributed by atoms with van der Waals surface area (Å²) >= 11 is 0. The van der Waals surface area contributed by atoms with Crippen LogP contribution in [-0.4, -0.2) is 13.7 Å². The van der Waals surface area contributed by atoms with Crippen LogP contribution in [-0.2, 0) is 6.54 Å². The molecular weight excluding hydrogens is 1440 g/mol. The molecule has 0 bridgehead atoms. The molecule has 0 aliphatic carbocycles. The molecule has 3 heterocycles. The highest BCUT2D eigenvalue weighted by Crippen LogP contribution is 2.50. The molecule has 24 aromatic rings. The topological polar surface area (TPSA) is 14.8 Å². The molecule has 3 aromatic heterocycles. The van der Waals surface area contributed by atoms with Crippen LogP contribution in [0.15, 0.2) is 449 Å². The molecule has 0 aliphatic heterocycles. The van der Waals surface area contributed by atoms with Gasteiger partial charge >= 0.3 is 0 Å². The fraction of sp³-hybridized carbons (Fsp3) is 0.0172. The van der Waals surface area contributed by atoms with Gasteiger partial charge in [0.25, 0.3) is 0 Å². The maximum atomic E-state index is 2.42. The highest BCUT2D eigenvalue weighted by atomic mass is 15.0. The van der Waals surface area contributed by atoms with Gasteiger partial charge in [-0.3, -0.25) is 0 Å². The average Bonchev–Trinajstić information content (AvgIpc) is 1.71. The molecule has 0 unspecified atom stereocenters. The molecule has 0 saturated carbocycles. The van der Waals surface area contributed by atoms with Crippen molar-refractivity contribution >= 4 is 130 Å². The van der Waals surface area contributed by atoms with Crippen molar-refractivity contribution in [3.05, 3.63) is 449 Å². The number of rotatable bonds is 10. The van der Waals surface area contributed by atoms with Crippen LogP contribution in [0.3, 0.4) is 0 Å². The van der Waals surface area contributed by atoms with Crippen molar-refractivity contribution < 1.29 is 0 Å². The van der Waals surface area contributed by atoms with E-state index in [-0.39, 0.29) is 0 Å². The second-order valence-electron chi connectivity index (χ2n) is 31.0. The molecule has 119 heavy (non-hydrogen) atoms. The lowest BCUT2D eigenvalue weighted by Crippen LogP contribution is -1.94. The van der Waals surface area contributed by atoms with E-state index in [9.17, 15) is 0 Å².